The normalized spacial score (nSPS) is 12.7. The molecule has 4 heteroatoms. The first-order valence-electron chi connectivity index (χ1n) is 5.99. The molecule has 1 aromatic carbocycles. The largest absolute Gasteiger partial charge is 0.361 e. The minimum Gasteiger partial charge on any atom is -0.361 e. The summed E-state index contributed by atoms with van der Waals surface area (Å²) in [5.74, 6) is 0.867. The Morgan fingerprint density at radius 1 is 1.33 bits per heavy atom. The molecular weight excluding hydrogens is 248 g/mol. The fourth-order valence-electron chi connectivity index (χ4n) is 2.12. The van der Waals surface area contributed by atoms with Crippen molar-refractivity contribution >= 4 is 11.6 Å². The van der Waals surface area contributed by atoms with Crippen molar-refractivity contribution in [3.63, 3.8) is 0 Å². The topological polar surface area (TPSA) is 38.1 Å². The van der Waals surface area contributed by atoms with Gasteiger partial charge in [0.25, 0.3) is 0 Å². The van der Waals surface area contributed by atoms with Gasteiger partial charge in [0.1, 0.15) is 5.76 Å². The molecule has 1 heterocycles. The smallest absolute Gasteiger partial charge is 0.138 e. The molecule has 0 aliphatic heterocycles. The molecule has 0 fully saturated rings. The van der Waals surface area contributed by atoms with Gasteiger partial charge in [-0.25, -0.2) is 0 Å². The zero-order valence-electron chi connectivity index (χ0n) is 10.8. The Labute approximate surface area is 112 Å². The molecule has 0 saturated carbocycles. The maximum atomic E-state index is 6.12. The summed E-state index contributed by atoms with van der Waals surface area (Å²) in [5, 5.41) is 8.20. The second kappa shape index (κ2) is 5.55. The number of rotatable bonds is 4. The third-order valence-corrected chi connectivity index (χ3v) is 3.45. The van der Waals surface area contributed by atoms with Crippen LogP contribution in [0.1, 0.15) is 35.5 Å². The molecule has 0 saturated heterocycles. The number of hydrogen-bond donors (Lipinski definition) is 1. The van der Waals surface area contributed by atoms with Crippen molar-refractivity contribution in [3.8, 4) is 0 Å². The number of nitrogens with one attached hydrogen (secondary N) is 1. The summed E-state index contributed by atoms with van der Waals surface area (Å²) in [4.78, 5) is 0. The molecule has 0 amide bonds. The molecule has 0 bridgehead atoms. The van der Waals surface area contributed by atoms with Crippen LogP contribution < -0.4 is 5.32 Å². The Morgan fingerprint density at radius 2 is 2.06 bits per heavy atom. The number of aryl methyl sites for hydroxylation is 2. The zero-order chi connectivity index (χ0) is 13.1. The first kappa shape index (κ1) is 13.1. The molecule has 3 nitrogen and oxygen atoms in total. The summed E-state index contributed by atoms with van der Waals surface area (Å²) in [6.07, 6.45) is 0. The van der Waals surface area contributed by atoms with E-state index in [1.165, 1.54) is 0 Å². The maximum absolute atomic E-state index is 6.12. The Kier molecular flexibility index (Phi) is 4.04. The van der Waals surface area contributed by atoms with Gasteiger partial charge in [-0.15, -0.1) is 0 Å². The van der Waals surface area contributed by atoms with Gasteiger partial charge in [-0.3, -0.25) is 0 Å². The van der Waals surface area contributed by atoms with Gasteiger partial charge in [0.05, 0.1) is 5.69 Å². The Balaban J connectivity index is 2.05. The lowest BCUT2D eigenvalue weighted by Crippen LogP contribution is -2.19. The van der Waals surface area contributed by atoms with Crippen molar-refractivity contribution in [3.05, 3.63) is 51.9 Å². The minimum absolute atomic E-state index is 0.188. The van der Waals surface area contributed by atoms with Crippen molar-refractivity contribution < 1.29 is 4.52 Å². The van der Waals surface area contributed by atoms with Gasteiger partial charge in [0, 0.05) is 23.2 Å². The van der Waals surface area contributed by atoms with E-state index in [1.807, 2.05) is 38.1 Å². The Morgan fingerprint density at radius 3 is 2.67 bits per heavy atom. The molecule has 0 aliphatic carbocycles. The minimum atomic E-state index is 0.188. The lowest BCUT2D eigenvalue weighted by molar-refractivity contribution is 0.390. The van der Waals surface area contributed by atoms with Crippen LogP contribution in [0.25, 0.3) is 0 Å². The van der Waals surface area contributed by atoms with Crippen LogP contribution in [0, 0.1) is 13.8 Å². The zero-order valence-corrected chi connectivity index (χ0v) is 11.6. The Bertz CT molecular complexity index is 517. The van der Waals surface area contributed by atoms with E-state index in [-0.39, 0.29) is 6.04 Å². The summed E-state index contributed by atoms with van der Waals surface area (Å²) < 4.78 is 5.18. The predicted molar refractivity (Wildman–Crippen MR) is 72.7 cm³/mol. The van der Waals surface area contributed by atoms with E-state index in [2.05, 4.69) is 17.4 Å². The number of hydrogen-bond acceptors (Lipinski definition) is 3. The molecule has 96 valence electrons. The van der Waals surface area contributed by atoms with Crippen LogP contribution in [-0.2, 0) is 6.54 Å². The molecule has 1 aromatic heterocycles. The van der Waals surface area contributed by atoms with Crippen LogP contribution in [0.3, 0.4) is 0 Å². The van der Waals surface area contributed by atoms with E-state index < -0.39 is 0 Å². The molecule has 2 rings (SSSR count). The van der Waals surface area contributed by atoms with E-state index in [1.54, 1.807) is 0 Å². The van der Waals surface area contributed by atoms with Crippen LogP contribution in [0.15, 0.2) is 28.8 Å². The third-order valence-electron chi connectivity index (χ3n) is 3.08. The second-order valence-electron chi connectivity index (χ2n) is 4.43. The van der Waals surface area contributed by atoms with Gasteiger partial charge >= 0.3 is 0 Å². The third kappa shape index (κ3) is 2.74. The van der Waals surface area contributed by atoms with Crippen molar-refractivity contribution in [1.29, 1.82) is 0 Å². The van der Waals surface area contributed by atoms with Gasteiger partial charge in [0.15, 0.2) is 0 Å². The highest BCUT2D eigenvalue weighted by molar-refractivity contribution is 6.31. The van der Waals surface area contributed by atoms with Gasteiger partial charge in [-0.2, -0.15) is 0 Å². The SMILES string of the molecule is Cc1noc(C)c1C(C)NCc1ccccc1Cl. The molecule has 1 N–H and O–H groups in total. The molecule has 0 radical (unpaired) electrons. The molecule has 1 unspecified atom stereocenters. The number of halogens is 1. The van der Waals surface area contributed by atoms with E-state index in [0.29, 0.717) is 0 Å². The van der Waals surface area contributed by atoms with E-state index in [0.717, 1.165) is 34.1 Å². The quantitative estimate of drug-likeness (QED) is 0.913. The summed E-state index contributed by atoms with van der Waals surface area (Å²) in [5.41, 5.74) is 3.16. The molecule has 0 spiro atoms. The predicted octanol–water partition coefficient (Wildman–Crippen LogP) is 3.80. The van der Waals surface area contributed by atoms with Crippen LogP contribution in [0.2, 0.25) is 5.02 Å². The highest BCUT2D eigenvalue weighted by atomic mass is 35.5. The van der Waals surface area contributed by atoms with Crippen LogP contribution >= 0.6 is 11.6 Å². The molecule has 1 atom stereocenters. The lowest BCUT2D eigenvalue weighted by atomic mass is 10.1. The highest BCUT2D eigenvalue weighted by Gasteiger charge is 2.15. The summed E-state index contributed by atoms with van der Waals surface area (Å²) in [7, 11) is 0. The van der Waals surface area contributed by atoms with Crippen molar-refractivity contribution in [1.82, 2.24) is 10.5 Å². The second-order valence-corrected chi connectivity index (χ2v) is 4.84. The summed E-state index contributed by atoms with van der Waals surface area (Å²) in [6.45, 7) is 6.72. The number of aromatic nitrogens is 1. The maximum Gasteiger partial charge on any atom is 0.138 e. The van der Waals surface area contributed by atoms with Crippen molar-refractivity contribution in [2.75, 3.05) is 0 Å². The average Bonchev–Trinajstić information content (AvgIpc) is 2.68. The number of benzene rings is 1. The first-order valence-corrected chi connectivity index (χ1v) is 6.37. The Hall–Kier alpha value is -1.32. The van der Waals surface area contributed by atoms with E-state index in [9.17, 15) is 0 Å². The summed E-state index contributed by atoms with van der Waals surface area (Å²) >= 11 is 6.12. The molecule has 18 heavy (non-hydrogen) atoms. The fraction of sp³-hybridized carbons (Fsp3) is 0.357. The van der Waals surface area contributed by atoms with Crippen molar-refractivity contribution in [2.24, 2.45) is 0 Å². The van der Waals surface area contributed by atoms with Crippen LogP contribution in [-0.4, -0.2) is 5.16 Å². The van der Waals surface area contributed by atoms with Gasteiger partial charge in [-0.05, 0) is 32.4 Å². The van der Waals surface area contributed by atoms with Gasteiger partial charge < -0.3 is 9.84 Å². The lowest BCUT2D eigenvalue weighted by Gasteiger charge is -2.14. The van der Waals surface area contributed by atoms with E-state index >= 15 is 0 Å². The average molecular weight is 265 g/mol. The van der Waals surface area contributed by atoms with Gasteiger partial charge in [-0.1, -0.05) is 35.0 Å². The van der Waals surface area contributed by atoms with Crippen LogP contribution in [0.5, 0.6) is 0 Å². The molecule has 2 aromatic rings. The summed E-state index contributed by atoms with van der Waals surface area (Å²) in [6, 6.07) is 8.04. The fourth-order valence-corrected chi connectivity index (χ4v) is 2.32. The first-order chi connectivity index (χ1) is 8.59. The van der Waals surface area contributed by atoms with Crippen LogP contribution in [0.4, 0.5) is 0 Å². The number of nitrogens with zero attached hydrogens (tertiary/aromatic N) is 1. The standard InChI is InChI=1S/C14H17ClN2O/c1-9(14-10(2)17-18-11(14)3)16-8-12-6-4-5-7-13(12)15/h4-7,9,16H,8H2,1-3H3. The molecular formula is C14H17ClN2O. The highest BCUT2D eigenvalue weighted by Crippen LogP contribution is 2.22. The molecule has 0 aliphatic rings. The van der Waals surface area contributed by atoms with Gasteiger partial charge in [0.2, 0.25) is 0 Å². The monoisotopic (exact) mass is 264 g/mol. The van der Waals surface area contributed by atoms with Crippen molar-refractivity contribution in [2.45, 2.75) is 33.4 Å². The van der Waals surface area contributed by atoms with E-state index in [4.69, 9.17) is 16.1 Å².